The van der Waals surface area contributed by atoms with Crippen molar-refractivity contribution in [2.24, 2.45) is 7.05 Å². The highest BCUT2D eigenvalue weighted by molar-refractivity contribution is 7.16. The van der Waals surface area contributed by atoms with Crippen molar-refractivity contribution in [1.82, 2.24) is 29.5 Å². The van der Waals surface area contributed by atoms with Gasteiger partial charge in [-0.25, -0.2) is 24.7 Å². The van der Waals surface area contributed by atoms with Crippen LogP contribution in [0.2, 0.25) is 0 Å². The second kappa shape index (κ2) is 11.1. The van der Waals surface area contributed by atoms with Crippen molar-refractivity contribution in [1.29, 1.82) is 0 Å². The van der Waals surface area contributed by atoms with E-state index >= 15 is 0 Å². The number of amides is 2. The minimum Gasteiger partial charge on any atom is -0.357 e. The summed E-state index contributed by atoms with van der Waals surface area (Å²) in [5.41, 5.74) is 7.14. The molecular weight excluding hydrogens is 574 g/mol. The Labute approximate surface area is 257 Å². The molecule has 11 nitrogen and oxygen atoms in total. The van der Waals surface area contributed by atoms with Gasteiger partial charge in [-0.2, -0.15) is 4.98 Å². The zero-order valence-electron chi connectivity index (χ0n) is 25.2. The molecule has 6 aromatic rings. The lowest BCUT2D eigenvalue weighted by molar-refractivity contribution is 0.262. The monoisotopic (exact) mass is 605 g/mol. The van der Waals surface area contributed by atoms with Gasteiger partial charge < -0.3 is 16.0 Å². The number of aryl methyl sites for hydroxylation is 2. The zero-order valence-corrected chi connectivity index (χ0v) is 26.0. The standard InChI is InChI=1S/C32H31N9O2S/c1-17-7-9-20(13-21(17)22-11-19-14-35-30(33-5)40-27(19)41(6)28(22)42)37-31(43)38-24-15-34-29(32(2,3)4)39-26(24)18-8-10-25-23(12-18)36-16-44-25/h7-16H,1-6H3,(H,33,35,40)(H2,37,38,43). The van der Waals surface area contributed by atoms with E-state index < -0.39 is 6.03 Å². The molecular formula is C32H31N9O2S. The Kier molecular flexibility index (Phi) is 7.30. The fourth-order valence-electron chi connectivity index (χ4n) is 4.89. The number of carbonyl (C=O) groups excluding carboxylic acids is 1. The first-order chi connectivity index (χ1) is 21.0. The van der Waals surface area contributed by atoms with Crippen LogP contribution >= 0.6 is 11.3 Å². The molecule has 6 rings (SSSR count). The molecule has 0 saturated carbocycles. The van der Waals surface area contributed by atoms with Crippen molar-refractivity contribution in [3.63, 3.8) is 0 Å². The molecule has 0 unspecified atom stereocenters. The molecule has 44 heavy (non-hydrogen) atoms. The molecule has 4 heterocycles. The van der Waals surface area contributed by atoms with E-state index in [9.17, 15) is 9.59 Å². The minimum absolute atomic E-state index is 0.208. The molecule has 0 aliphatic rings. The molecule has 222 valence electrons. The highest BCUT2D eigenvalue weighted by atomic mass is 32.1. The lowest BCUT2D eigenvalue weighted by atomic mass is 9.95. The summed E-state index contributed by atoms with van der Waals surface area (Å²) in [6.45, 7) is 8.04. The van der Waals surface area contributed by atoms with E-state index in [2.05, 4.69) is 35.9 Å². The summed E-state index contributed by atoms with van der Waals surface area (Å²) in [5.74, 6) is 1.09. The van der Waals surface area contributed by atoms with Crippen LogP contribution in [-0.2, 0) is 12.5 Å². The summed E-state index contributed by atoms with van der Waals surface area (Å²) < 4.78 is 2.57. The summed E-state index contributed by atoms with van der Waals surface area (Å²) in [5, 5.41) is 9.45. The number of anilines is 3. The average Bonchev–Trinajstić information content (AvgIpc) is 3.47. The first kappa shape index (κ1) is 28.9. The fourth-order valence-corrected chi connectivity index (χ4v) is 5.55. The molecule has 0 bridgehead atoms. The Morgan fingerprint density at radius 3 is 2.52 bits per heavy atom. The molecule has 3 N–H and O–H groups in total. The number of pyridine rings is 1. The highest BCUT2D eigenvalue weighted by Gasteiger charge is 2.21. The van der Waals surface area contributed by atoms with E-state index in [-0.39, 0.29) is 11.0 Å². The number of aromatic nitrogens is 6. The highest BCUT2D eigenvalue weighted by Crippen LogP contribution is 2.32. The second-order valence-electron chi connectivity index (χ2n) is 11.5. The number of thiazole rings is 1. The number of hydrogen-bond donors (Lipinski definition) is 3. The molecule has 0 radical (unpaired) electrons. The molecule has 0 spiro atoms. The molecule has 0 aliphatic heterocycles. The summed E-state index contributed by atoms with van der Waals surface area (Å²) in [6.07, 6.45) is 3.31. The van der Waals surface area contributed by atoms with E-state index in [1.54, 1.807) is 61.5 Å². The van der Waals surface area contributed by atoms with Crippen LogP contribution in [0.15, 0.2) is 65.2 Å². The van der Waals surface area contributed by atoms with E-state index in [0.717, 1.165) is 26.7 Å². The van der Waals surface area contributed by atoms with E-state index in [0.29, 0.717) is 45.6 Å². The maximum absolute atomic E-state index is 13.4. The van der Waals surface area contributed by atoms with Crippen LogP contribution in [0.25, 0.3) is 43.6 Å². The number of rotatable bonds is 5. The van der Waals surface area contributed by atoms with Crippen LogP contribution in [0.4, 0.5) is 22.1 Å². The molecule has 2 amide bonds. The zero-order chi connectivity index (χ0) is 31.2. The third-order valence-corrected chi connectivity index (χ3v) is 8.08. The van der Waals surface area contributed by atoms with Crippen molar-refractivity contribution < 1.29 is 4.79 Å². The molecule has 12 heteroatoms. The van der Waals surface area contributed by atoms with E-state index in [1.165, 1.54) is 4.57 Å². The lowest BCUT2D eigenvalue weighted by Crippen LogP contribution is -2.22. The van der Waals surface area contributed by atoms with E-state index in [1.807, 2.05) is 52.0 Å². The second-order valence-corrected chi connectivity index (χ2v) is 12.4. The average molecular weight is 606 g/mol. The summed E-state index contributed by atoms with van der Waals surface area (Å²) in [4.78, 5) is 49.3. The Morgan fingerprint density at radius 2 is 1.75 bits per heavy atom. The summed E-state index contributed by atoms with van der Waals surface area (Å²) in [7, 11) is 3.41. The van der Waals surface area contributed by atoms with Crippen LogP contribution in [0, 0.1) is 6.92 Å². The van der Waals surface area contributed by atoms with Gasteiger partial charge in [-0.1, -0.05) is 32.9 Å². The third-order valence-electron chi connectivity index (χ3n) is 7.27. The van der Waals surface area contributed by atoms with Crippen LogP contribution in [0.5, 0.6) is 0 Å². The van der Waals surface area contributed by atoms with Gasteiger partial charge in [0.2, 0.25) is 5.95 Å². The van der Waals surface area contributed by atoms with Crippen molar-refractivity contribution in [2.75, 3.05) is 23.0 Å². The van der Waals surface area contributed by atoms with Gasteiger partial charge in [0.15, 0.2) is 0 Å². The predicted octanol–water partition coefficient (Wildman–Crippen LogP) is 6.35. The Balaban J connectivity index is 1.32. The first-order valence-corrected chi connectivity index (χ1v) is 14.8. The number of nitrogens with zero attached hydrogens (tertiary/aromatic N) is 6. The quantitative estimate of drug-likeness (QED) is 0.206. The van der Waals surface area contributed by atoms with Gasteiger partial charge in [-0.15, -0.1) is 11.3 Å². The lowest BCUT2D eigenvalue weighted by Gasteiger charge is -2.19. The SMILES string of the molecule is CNc1ncc2cc(-c3cc(NC(=O)Nc4cnc(C(C)(C)C)nc4-c4ccc5scnc5c4)ccc3C)c(=O)n(C)c2n1. The van der Waals surface area contributed by atoms with Gasteiger partial charge in [0.1, 0.15) is 11.5 Å². The number of hydrogen-bond acceptors (Lipinski definition) is 9. The normalized spacial score (nSPS) is 11.6. The predicted molar refractivity (Wildman–Crippen MR) is 176 cm³/mol. The van der Waals surface area contributed by atoms with Gasteiger partial charge >= 0.3 is 6.03 Å². The number of nitrogens with one attached hydrogen (secondary N) is 3. The smallest absolute Gasteiger partial charge is 0.323 e. The summed E-state index contributed by atoms with van der Waals surface area (Å²) in [6, 6.07) is 12.7. The molecule has 4 aromatic heterocycles. The Morgan fingerprint density at radius 1 is 0.932 bits per heavy atom. The molecule has 2 aromatic carbocycles. The minimum atomic E-state index is -0.470. The summed E-state index contributed by atoms with van der Waals surface area (Å²) >= 11 is 1.57. The first-order valence-electron chi connectivity index (χ1n) is 14.0. The number of fused-ring (bicyclic) bond motifs is 2. The Hall–Kier alpha value is -5.23. The fraction of sp³-hybridized carbons (Fsp3) is 0.219. The van der Waals surface area contributed by atoms with Crippen LogP contribution in [-0.4, -0.2) is 42.6 Å². The molecule has 0 fully saturated rings. The van der Waals surface area contributed by atoms with Gasteiger partial charge in [0, 0.05) is 47.9 Å². The topological polar surface area (TPSA) is 140 Å². The van der Waals surface area contributed by atoms with Crippen molar-refractivity contribution in [2.45, 2.75) is 33.1 Å². The number of carbonyl (C=O) groups is 1. The molecule has 0 saturated heterocycles. The maximum atomic E-state index is 13.4. The van der Waals surface area contributed by atoms with Gasteiger partial charge in [0.05, 0.1) is 33.3 Å². The van der Waals surface area contributed by atoms with Crippen LogP contribution in [0.1, 0.15) is 32.2 Å². The molecule has 0 atom stereocenters. The van der Waals surface area contributed by atoms with E-state index in [4.69, 9.17) is 4.98 Å². The van der Waals surface area contributed by atoms with Crippen molar-refractivity contribution in [3.8, 4) is 22.4 Å². The van der Waals surface area contributed by atoms with Gasteiger partial charge in [-0.05, 0) is 48.4 Å². The molecule has 0 aliphatic carbocycles. The van der Waals surface area contributed by atoms with Crippen LogP contribution in [0.3, 0.4) is 0 Å². The van der Waals surface area contributed by atoms with Crippen LogP contribution < -0.4 is 21.5 Å². The van der Waals surface area contributed by atoms with Crippen molar-refractivity contribution in [3.05, 3.63) is 82.1 Å². The number of urea groups is 1. The largest absolute Gasteiger partial charge is 0.357 e. The Bertz CT molecular complexity index is 2130. The maximum Gasteiger partial charge on any atom is 0.323 e. The van der Waals surface area contributed by atoms with Gasteiger partial charge in [-0.3, -0.25) is 9.36 Å². The van der Waals surface area contributed by atoms with Gasteiger partial charge in [0.25, 0.3) is 5.56 Å². The number of benzene rings is 2. The van der Waals surface area contributed by atoms with Crippen molar-refractivity contribution >= 4 is 55.9 Å². The third kappa shape index (κ3) is 5.47.